The van der Waals surface area contributed by atoms with Gasteiger partial charge in [0.05, 0.1) is 12.1 Å². The van der Waals surface area contributed by atoms with E-state index in [2.05, 4.69) is 5.32 Å². The Balaban J connectivity index is 1.71. The van der Waals surface area contributed by atoms with Gasteiger partial charge in [-0.2, -0.15) is 0 Å². The maximum absolute atomic E-state index is 13.2. The van der Waals surface area contributed by atoms with E-state index in [1.807, 2.05) is 32.0 Å². The van der Waals surface area contributed by atoms with E-state index in [0.717, 1.165) is 15.7 Å². The second-order valence-corrected chi connectivity index (χ2v) is 8.30. The van der Waals surface area contributed by atoms with Crippen molar-refractivity contribution in [3.8, 4) is 0 Å². The number of carbonyl (C=O) groups excluding carboxylic acids is 1. The van der Waals surface area contributed by atoms with Gasteiger partial charge in [0.2, 0.25) is 5.91 Å². The quantitative estimate of drug-likeness (QED) is 0.518. The summed E-state index contributed by atoms with van der Waals surface area (Å²) >= 11 is 1.21. The second kappa shape index (κ2) is 8.31. The number of carbonyl (C=O) groups is 1. The van der Waals surface area contributed by atoms with Crippen molar-refractivity contribution in [3.63, 3.8) is 0 Å². The molecule has 1 N–H and O–H groups in total. The Morgan fingerprint density at radius 3 is 2.48 bits per heavy atom. The van der Waals surface area contributed by atoms with Gasteiger partial charge in [-0.1, -0.05) is 29.8 Å². The first-order valence-electron chi connectivity index (χ1n) is 9.66. The number of benzene rings is 2. The van der Waals surface area contributed by atoms with Gasteiger partial charge in [-0.15, -0.1) is 11.3 Å². The number of hydrogen-bond donors (Lipinski definition) is 1. The average Bonchev–Trinajstić information content (AvgIpc) is 3.22. The lowest BCUT2D eigenvalue weighted by Gasteiger charge is -2.13. The molecule has 2 aromatic carbocycles. The van der Waals surface area contributed by atoms with Gasteiger partial charge >= 0.3 is 5.69 Å². The Labute approximate surface area is 181 Å². The molecule has 0 radical (unpaired) electrons. The summed E-state index contributed by atoms with van der Waals surface area (Å²) in [4.78, 5) is 38.8. The van der Waals surface area contributed by atoms with Crippen LogP contribution in [0.25, 0.3) is 10.2 Å². The molecule has 6 nitrogen and oxygen atoms in total. The minimum absolute atomic E-state index is 0.00945. The number of halogens is 1. The van der Waals surface area contributed by atoms with Gasteiger partial charge in [0.15, 0.2) is 0 Å². The normalized spacial score (nSPS) is 11.1. The van der Waals surface area contributed by atoms with Crippen molar-refractivity contribution in [2.75, 3.05) is 5.32 Å². The summed E-state index contributed by atoms with van der Waals surface area (Å²) < 4.78 is 16.0. The summed E-state index contributed by atoms with van der Waals surface area (Å²) in [7, 11) is 0. The third-order valence-corrected chi connectivity index (χ3v) is 5.94. The van der Waals surface area contributed by atoms with Crippen LogP contribution >= 0.6 is 11.3 Å². The number of thiophene rings is 1. The van der Waals surface area contributed by atoms with Crippen molar-refractivity contribution in [2.24, 2.45) is 0 Å². The van der Waals surface area contributed by atoms with Gasteiger partial charge in [0.25, 0.3) is 5.56 Å². The van der Waals surface area contributed by atoms with Gasteiger partial charge in [-0.3, -0.25) is 18.7 Å². The Morgan fingerprint density at radius 2 is 1.77 bits per heavy atom. The minimum Gasteiger partial charge on any atom is -0.324 e. The molecule has 0 aliphatic rings. The van der Waals surface area contributed by atoms with E-state index in [9.17, 15) is 18.8 Å². The van der Waals surface area contributed by atoms with Gasteiger partial charge in [-0.05, 0) is 54.6 Å². The third-order valence-electron chi connectivity index (χ3n) is 5.05. The number of anilines is 1. The van der Waals surface area contributed by atoms with E-state index in [1.165, 1.54) is 40.2 Å². The molecular formula is C23H20FN3O3S. The van der Waals surface area contributed by atoms with Gasteiger partial charge in [-0.25, -0.2) is 9.18 Å². The smallest absolute Gasteiger partial charge is 0.324 e. The molecule has 4 rings (SSSR count). The highest BCUT2D eigenvalue weighted by atomic mass is 32.1. The SMILES string of the molecule is Cc1ccc(NC(=O)Cn2c(=O)n(Cc3ccc(F)cc3)c(=O)c3sccc32)c(C)c1. The molecule has 1 amide bonds. The van der Waals surface area contributed by atoms with Crippen LogP contribution in [-0.2, 0) is 17.9 Å². The first-order valence-corrected chi connectivity index (χ1v) is 10.5. The lowest BCUT2D eigenvalue weighted by Crippen LogP contribution is -2.41. The van der Waals surface area contributed by atoms with E-state index in [4.69, 9.17) is 0 Å². The molecular weight excluding hydrogens is 417 g/mol. The van der Waals surface area contributed by atoms with Gasteiger partial charge in [0, 0.05) is 5.69 Å². The second-order valence-electron chi connectivity index (χ2n) is 7.39. The molecule has 0 spiro atoms. The van der Waals surface area contributed by atoms with Crippen LogP contribution < -0.4 is 16.6 Å². The summed E-state index contributed by atoms with van der Waals surface area (Å²) in [6.07, 6.45) is 0. The number of amides is 1. The highest BCUT2D eigenvalue weighted by Crippen LogP contribution is 2.18. The van der Waals surface area contributed by atoms with Crippen molar-refractivity contribution in [3.05, 3.63) is 97.3 Å². The van der Waals surface area contributed by atoms with Gasteiger partial charge in [0.1, 0.15) is 17.1 Å². The van der Waals surface area contributed by atoms with E-state index in [0.29, 0.717) is 21.5 Å². The first kappa shape index (κ1) is 20.7. The number of nitrogens with one attached hydrogen (secondary N) is 1. The summed E-state index contributed by atoms with van der Waals surface area (Å²) in [6.45, 7) is 3.62. The molecule has 0 fully saturated rings. The highest BCUT2D eigenvalue weighted by Gasteiger charge is 2.17. The van der Waals surface area contributed by atoms with Crippen LogP contribution in [0.4, 0.5) is 10.1 Å². The fraction of sp³-hybridized carbons (Fsp3) is 0.174. The number of fused-ring (bicyclic) bond motifs is 1. The number of aryl methyl sites for hydroxylation is 2. The number of nitrogens with zero attached hydrogens (tertiary/aromatic N) is 2. The van der Waals surface area contributed by atoms with Crippen molar-refractivity contribution in [2.45, 2.75) is 26.9 Å². The van der Waals surface area contributed by atoms with Gasteiger partial charge < -0.3 is 5.32 Å². The number of aromatic nitrogens is 2. The molecule has 0 aliphatic carbocycles. The zero-order chi connectivity index (χ0) is 22.1. The van der Waals surface area contributed by atoms with Crippen LogP contribution in [0.2, 0.25) is 0 Å². The first-order chi connectivity index (χ1) is 14.8. The summed E-state index contributed by atoms with van der Waals surface area (Å²) in [6, 6.07) is 12.9. The maximum atomic E-state index is 13.2. The Morgan fingerprint density at radius 1 is 1.03 bits per heavy atom. The molecule has 8 heteroatoms. The molecule has 158 valence electrons. The molecule has 4 aromatic rings. The van der Waals surface area contributed by atoms with E-state index < -0.39 is 17.1 Å². The molecule has 2 heterocycles. The average molecular weight is 437 g/mol. The van der Waals surface area contributed by atoms with Crippen molar-refractivity contribution in [1.29, 1.82) is 0 Å². The lowest BCUT2D eigenvalue weighted by molar-refractivity contribution is -0.116. The largest absolute Gasteiger partial charge is 0.332 e. The molecule has 0 atom stereocenters. The zero-order valence-corrected chi connectivity index (χ0v) is 17.8. The molecule has 2 aromatic heterocycles. The lowest BCUT2D eigenvalue weighted by atomic mass is 10.1. The van der Waals surface area contributed by atoms with E-state index >= 15 is 0 Å². The molecule has 0 saturated heterocycles. The Hall–Kier alpha value is -3.52. The molecule has 0 unspecified atom stereocenters. The molecule has 0 saturated carbocycles. The third kappa shape index (κ3) is 4.20. The molecule has 31 heavy (non-hydrogen) atoms. The van der Waals surface area contributed by atoms with Crippen molar-refractivity contribution < 1.29 is 9.18 Å². The topological polar surface area (TPSA) is 73.1 Å². The fourth-order valence-corrected chi connectivity index (χ4v) is 4.33. The maximum Gasteiger partial charge on any atom is 0.332 e. The number of rotatable bonds is 5. The minimum atomic E-state index is -0.587. The Bertz CT molecular complexity index is 1400. The number of hydrogen-bond acceptors (Lipinski definition) is 4. The fourth-order valence-electron chi connectivity index (χ4n) is 3.49. The van der Waals surface area contributed by atoms with Crippen LogP contribution in [-0.4, -0.2) is 15.0 Å². The standard InChI is InChI=1S/C23H20FN3O3S/c1-14-3-8-18(15(2)11-14)25-20(28)13-26-19-9-10-31-21(19)22(29)27(23(26)30)12-16-4-6-17(24)7-5-16/h3-11H,12-13H2,1-2H3,(H,25,28). The summed E-state index contributed by atoms with van der Waals surface area (Å²) in [5, 5.41) is 4.55. The highest BCUT2D eigenvalue weighted by molar-refractivity contribution is 7.17. The summed E-state index contributed by atoms with van der Waals surface area (Å²) in [5.41, 5.74) is 2.70. The van der Waals surface area contributed by atoms with E-state index in [-0.39, 0.29) is 19.0 Å². The van der Waals surface area contributed by atoms with Crippen molar-refractivity contribution >= 4 is 33.1 Å². The van der Waals surface area contributed by atoms with Crippen LogP contribution in [0.15, 0.2) is 63.5 Å². The van der Waals surface area contributed by atoms with Crippen LogP contribution in [0, 0.1) is 19.7 Å². The predicted octanol–water partition coefficient (Wildman–Crippen LogP) is 3.67. The van der Waals surface area contributed by atoms with Crippen LogP contribution in [0.3, 0.4) is 0 Å². The van der Waals surface area contributed by atoms with Crippen molar-refractivity contribution in [1.82, 2.24) is 9.13 Å². The van der Waals surface area contributed by atoms with Crippen LogP contribution in [0.5, 0.6) is 0 Å². The van der Waals surface area contributed by atoms with Crippen LogP contribution in [0.1, 0.15) is 16.7 Å². The predicted molar refractivity (Wildman–Crippen MR) is 120 cm³/mol. The molecule has 0 bridgehead atoms. The van der Waals surface area contributed by atoms with E-state index in [1.54, 1.807) is 11.4 Å². The molecule has 0 aliphatic heterocycles. The Kier molecular flexibility index (Phi) is 5.56. The summed E-state index contributed by atoms with van der Waals surface area (Å²) in [5.74, 6) is -0.765. The monoisotopic (exact) mass is 437 g/mol. The zero-order valence-electron chi connectivity index (χ0n) is 17.0.